The SMILES string of the molecule is CCCCCCOC(=O)c1cccc(N(CC)CC)c1C(=O)c1ccccc1. The Balaban J connectivity index is 2.37. The second kappa shape index (κ2) is 11.3. The standard InChI is InChI=1S/C24H31NO3/c1-4-7-8-12-18-28-24(27)20-16-13-17-21(25(5-2)6-3)22(20)23(26)19-14-10-9-11-15-19/h9-11,13-17H,4-8,12,18H2,1-3H3. The summed E-state index contributed by atoms with van der Waals surface area (Å²) in [5, 5.41) is 0. The van der Waals surface area contributed by atoms with Gasteiger partial charge in [-0.3, -0.25) is 4.79 Å². The molecule has 0 saturated heterocycles. The topological polar surface area (TPSA) is 46.6 Å². The van der Waals surface area contributed by atoms with E-state index in [0.29, 0.717) is 23.3 Å². The number of ether oxygens (including phenoxy) is 1. The summed E-state index contributed by atoms with van der Waals surface area (Å²) in [6.07, 6.45) is 4.15. The van der Waals surface area contributed by atoms with Gasteiger partial charge >= 0.3 is 5.97 Å². The highest BCUT2D eigenvalue weighted by Crippen LogP contribution is 2.27. The molecule has 150 valence electrons. The van der Waals surface area contributed by atoms with Gasteiger partial charge < -0.3 is 9.64 Å². The molecule has 0 radical (unpaired) electrons. The molecule has 0 fully saturated rings. The maximum atomic E-state index is 13.3. The largest absolute Gasteiger partial charge is 0.462 e. The van der Waals surface area contributed by atoms with Crippen molar-refractivity contribution in [2.75, 3.05) is 24.6 Å². The van der Waals surface area contributed by atoms with E-state index in [1.54, 1.807) is 18.2 Å². The lowest BCUT2D eigenvalue weighted by Gasteiger charge is -2.25. The lowest BCUT2D eigenvalue weighted by Crippen LogP contribution is -2.26. The first-order valence-electron chi connectivity index (χ1n) is 10.3. The second-order valence-corrected chi connectivity index (χ2v) is 6.76. The van der Waals surface area contributed by atoms with E-state index in [1.165, 1.54) is 0 Å². The lowest BCUT2D eigenvalue weighted by molar-refractivity contribution is 0.0495. The van der Waals surface area contributed by atoms with Gasteiger partial charge in [0.05, 0.1) is 17.7 Å². The van der Waals surface area contributed by atoms with Gasteiger partial charge in [0.1, 0.15) is 0 Å². The smallest absolute Gasteiger partial charge is 0.338 e. The first-order valence-corrected chi connectivity index (χ1v) is 10.3. The van der Waals surface area contributed by atoms with Crippen molar-refractivity contribution in [1.82, 2.24) is 0 Å². The summed E-state index contributed by atoms with van der Waals surface area (Å²) in [5.74, 6) is -0.578. The van der Waals surface area contributed by atoms with Crippen molar-refractivity contribution >= 4 is 17.4 Å². The maximum absolute atomic E-state index is 13.3. The summed E-state index contributed by atoms with van der Waals surface area (Å²) in [6, 6.07) is 14.5. The molecule has 0 aromatic heterocycles. The zero-order valence-electron chi connectivity index (χ0n) is 17.2. The summed E-state index contributed by atoms with van der Waals surface area (Å²) in [6.45, 7) is 8.11. The monoisotopic (exact) mass is 381 g/mol. The fourth-order valence-electron chi connectivity index (χ4n) is 3.28. The Labute approximate surface area is 168 Å². The van der Waals surface area contributed by atoms with Crippen LogP contribution in [0.25, 0.3) is 0 Å². The van der Waals surface area contributed by atoms with Crippen LogP contribution in [-0.4, -0.2) is 31.4 Å². The fraction of sp³-hybridized carbons (Fsp3) is 0.417. The number of ketones is 1. The second-order valence-electron chi connectivity index (χ2n) is 6.76. The minimum absolute atomic E-state index is 0.152. The van der Waals surface area contributed by atoms with Crippen LogP contribution in [0.3, 0.4) is 0 Å². The Bertz CT molecular complexity index is 767. The Morgan fingerprint density at radius 3 is 2.21 bits per heavy atom. The van der Waals surface area contributed by atoms with Gasteiger partial charge in [-0.25, -0.2) is 4.79 Å². The number of nitrogens with zero attached hydrogens (tertiary/aromatic N) is 1. The molecule has 0 aliphatic heterocycles. The zero-order valence-corrected chi connectivity index (χ0v) is 17.2. The predicted molar refractivity (Wildman–Crippen MR) is 114 cm³/mol. The zero-order chi connectivity index (χ0) is 20.4. The molecule has 28 heavy (non-hydrogen) atoms. The molecule has 0 atom stereocenters. The van der Waals surface area contributed by atoms with Gasteiger partial charge in [-0.15, -0.1) is 0 Å². The van der Waals surface area contributed by atoms with Crippen LogP contribution in [0.5, 0.6) is 0 Å². The number of hydrogen-bond donors (Lipinski definition) is 0. The van der Waals surface area contributed by atoms with E-state index < -0.39 is 5.97 Å². The van der Waals surface area contributed by atoms with Crippen molar-refractivity contribution in [3.8, 4) is 0 Å². The number of anilines is 1. The van der Waals surface area contributed by atoms with E-state index in [-0.39, 0.29) is 5.78 Å². The number of rotatable bonds is 11. The molecule has 0 saturated carbocycles. The minimum atomic E-state index is -0.426. The first kappa shape index (κ1) is 21.7. The van der Waals surface area contributed by atoms with Gasteiger partial charge in [0.25, 0.3) is 0 Å². The Kier molecular flexibility index (Phi) is 8.73. The summed E-state index contributed by atoms with van der Waals surface area (Å²) >= 11 is 0. The van der Waals surface area contributed by atoms with Crippen LogP contribution in [0.1, 0.15) is 72.7 Å². The number of unbranched alkanes of at least 4 members (excludes halogenated alkanes) is 3. The number of carbonyl (C=O) groups is 2. The summed E-state index contributed by atoms with van der Waals surface area (Å²) < 4.78 is 5.49. The van der Waals surface area contributed by atoms with Crippen molar-refractivity contribution in [2.24, 2.45) is 0 Å². The number of carbonyl (C=O) groups excluding carboxylic acids is 2. The molecule has 4 heteroatoms. The quantitative estimate of drug-likeness (QED) is 0.293. The normalized spacial score (nSPS) is 10.5. The molecule has 0 spiro atoms. The average molecular weight is 382 g/mol. The van der Waals surface area contributed by atoms with Gasteiger partial charge in [0.15, 0.2) is 5.78 Å². The van der Waals surface area contributed by atoms with Crippen LogP contribution in [0, 0.1) is 0 Å². The highest BCUT2D eigenvalue weighted by atomic mass is 16.5. The summed E-state index contributed by atoms with van der Waals surface area (Å²) in [7, 11) is 0. The van der Waals surface area contributed by atoms with Crippen LogP contribution >= 0.6 is 0 Å². The Hall–Kier alpha value is -2.62. The molecule has 2 aromatic rings. The molecule has 0 heterocycles. The van der Waals surface area contributed by atoms with Crippen LogP contribution in [0.2, 0.25) is 0 Å². The number of hydrogen-bond acceptors (Lipinski definition) is 4. The third-order valence-corrected chi connectivity index (χ3v) is 4.86. The molecule has 4 nitrogen and oxygen atoms in total. The van der Waals surface area contributed by atoms with Crippen LogP contribution < -0.4 is 4.90 Å². The molecule has 0 amide bonds. The van der Waals surface area contributed by atoms with Crippen LogP contribution in [-0.2, 0) is 4.74 Å². The first-order chi connectivity index (χ1) is 13.6. The van der Waals surface area contributed by atoms with E-state index in [1.807, 2.05) is 44.2 Å². The minimum Gasteiger partial charge on any atom is -0.462 e. The lowest BCUT2D eigenvalue weighted by atomic mass is 9.95. The van der Waals surface area contributed by atoms with Crippen molar-refractivity contribution < 1.29 is 14.3 Å². The molecule has 2 aromatic carbocycles. The van der Waals surface area contributed by atoms with Gasteiger partial charge in [-0.2, -0.15) is 0 Å². The Morgan fingerprint density at radius 2 is 1.57 bits per heavy atom. The number of esters is 1. The highest BCUT2D eigenvalue weighted by Gasteiger charge is 2.24. The third kappa shape index (κ3) is 5.44. The van der Waals surface area contributed by atoms with Crippen molar-refractivity contribution in [3.63, 3.8) is 0 Å². The van der Waals surface area contributed by atoms with Gasteiger partial charge in [-0.1, -0.05) is 62.6 Å². The highest BCUT2D eigenvalue weighted by molar-refractivity contribution is 6.17. The summed E-state index contributed by atoms with van der Waals surface area (Å²) in [5.41, 5.74) is 2.11. The van der Waals surface area contributed by atoms with E-state index in [4.69, 9.17) is 4.74 Å². The van der Waals surface area contributed by atoms with Crippen molar-refractivity contribution in [2.45, 2.75) is 46.5 Å². The van der Waals surface area contributed by atoms with Gasteiger partial charge in [0, 0.05) is 24.3 Å². The molecule has 0 bridgehead atoms. The predicted octanol–water partition coefficient (Wildman–Crippen LogP) is 5.50. The van der Waals surface area contributed by atoms with E-state index in [9.17, 15) is 9.59 Å². The van der Waals surface area contributed by atoms with Crippen molar-refractivity contribution in [3.05, 3.63) is 65.2 Å². The van der Waals surface area contributed by atoms with E-state index in [2.05, 4.69) is 11.8 Å². The van der Waals surface area contributed by atoms with E-state index >= 15 is 0 Å². The average Bonchev–Trinajstić information content (AvgIpc) is 2.74. The van der Waals surface area contributed by atoms with Crippen LogP contribution in [0.15, 0.2) is 48.5 Å². The van der Waals surface area contributed by atoms with Gasteiger partial charge in [0.2, 0.25) is 0 Å². The molecule has 0 aliphatic rings. The Morgan fingerprint density at radius 1 is 0.857 bits per heavy atom. The summed E-state index contributed by atoms with van der Waals surface area (Å²) in [4.78, 5) is 28.2. The van der Waals surface area contributed by atoms with E-state index in [0.717, 1.165) is 44.5 Å². The molecular weight excluding hydrogens is 350 g/mol. The third-order valence-electron chi connectivity index (χ3n) is 4.86. The molecule has 0 aliphatic carbocycles. The van der Waals surface area contributed by atoms with Crippen molar-refractivity contribution in [1.29, 1.82) is 0 Å². The van der Waals surface area contributed by atoms with Gasteiger partial charge in [-0.05, 0) is 32.4 Å². The fourth-order valence-corrected chi connectivity index (χ4v) is 3.28. The molecular formula is C24H31NO3. The molecule has 2 rings (SSSR count). The number of benzene rings is 2. The van der Waals surface area contributed by atoms with Crippen LogP contribution in [0.4, 0.5) is 5.69 Å². The maximum Gasteiger partial charge on any atom is 0.338 e. The molecule has 0 unspecified atom stereocenters. The molecule has 0 N–H and O–H groups in total.